The van der Waals surface area contributed by atoms with Gasteiger partial charge in [0.05, 0.1) is 34.6 Å². The first-order valence-corrected chi connectivity index (χ1v) is 11.7. The molecule has 2 aromatic carbocycles. The highest BCUT2D eigenvalue weighted by molar-refractivity contribution is 6.07. The fraction of sp³-hybridized carbons (Fsp3) is 0.185. The molecule has 0 radical (unpaired) electrons. The molecule has 1 unspecified atom stereocenters. The van der Waals surface area contributed by atoms with Crippen molar-refractivity contribution in [2.24, 2.45) is 0 Å². The molecule has 3 aromatic heterocycles. The Labute approximate surface area is 201 Å². The van der Waals surface area contributed by atoms with Crippen molar-refractivity contribution in [1.82, 2.24) is 24.8 Å². The second kappa shape index (κ2) is 8.70. The van der Waals surface area contributed by atoms with Crippen molar-refractivity contribution in [3.63, 3.8) is 0 Å². The Morgan fingerprint density at radius 2 is 2.11 bits per heavy atom. The summed E-state index contributed by atoms with van der Waals surface area (Å²) in [6.45, 7) is 2.01. The molecule has 5 aromatic rings. The van der Waals surface area contributed by atoms with Crippen molar-refractivity contribution in [2.45, 2.75) is 18.9 Å². The van der Waals surface area contributed by atoms with Gasteiger partial charge in [-0.2, -0.15) is 5.26 Å². The molecule has 35 heavy (non-hydrogen) atoms. The molecule has 1 saturated heterocycles. The van der Waals surface area contributed by atoms with Gasteiger partial charge in [0.15, 0.2) is 0 Å². The summed E-state index contributed by atoms with van der Waals surface area (Å²) in [7, 11) is 0. The number of anilines is 1. The van der Waals surface area contributed by atoms with Gasteiger partial charge in [-0.15, -0.1) is 0 Å². The number of rotatable bonds is 4. The quantitative estimate of drug-likeness (QED) is 0.361. The number of H-pyrrole nitrogens is 1. The highest BCUT2D eigenvalue weighted by Gasteiger charge is 2.18. The average molecular weight is 462 g/mol. The number of imidazole rings is 1. The van der Waals surface area contributed by atoms with Crippen molar-refractivity contribution in [3.8, 4) is 17.2 Å². The number of hydrogen-bond donors (Lipinski definition) is 3. The molecule has 4 heterocycles. The fourth-order valence-electron chi connectivity index (χ4n) is 4.79. The van der Waals surface area contributed by atoms with Crippen LogP contribution in [0.4, 0.5) is 5.69 Å². The third kappa shape index (κ3) is 3.92. The number of benzene rings is 2. The van der Waals surface area contributed by atoms with Gasteiger partial charge in [-0.1, -0.05) is 12.1 Å². The topological polar surface area (TPSA) is 111 Å². The zero-order valence-corrected chi connectivity index (χ0v) is 19.0. The number of aromatic nitrogens is 4. The van der Waals surface area contributed by atoms with Crippen LogP contribution in [0, 0.1) is 11.3 Å². The number of pyridine rings is 1. The van der Waals surface area contributed by atoms with E-state index in [-0.39, 0.29) is 5.91 Å². The summed E-state index contributed by atoms with van der Waals surface area (Å²) in [6, 6.07) is 17.4. The minimum absolute atomic E-state index is 0.278. The lowest BCUT2D eigenvalue weighted by Gasteiger charge is -2.24. The Kier molecular flexibility index (Phi) is 5.24. The van der Waals surface area contributed by atoms with E-state index in [1.165, 1.54) is 0 Å². The van der Waals surface area contributed by atoms with Crippen LogP contribution in [0.2, 0.25) is 0 Å². The van der Waals surface area contributed by atoms with E-state index < -0.39 is 0 Å². The van der Waals surface area contributed by atoms with Crippen LogP contribution in [-0.4, -0.2) is 38.5 Å². The lowest BCUT2D eigenvalue weighted by atomic mass is 10.0. The van der Waals surface area contributed by atoms with Gasteiger partial charge in [0.1, 0.15) is 5.65 Å². The Balaban J connectivity index is 1.35. The average Bonchev–Trinajstić information content (AvgIpc) is 3.52. The summed E-state index contributed by atoms with van der Waals surface area (Å²) < 4.78 is 2.27. The molecule has 1 amide bonds. The van der Waals surface area contributed by atoms with Crippen LogP contribution in [0.1, 0.15) is 34.8 Å². The van der Waals surface area contributed by atoms with E-state index in [4.69, 9.17) is 5.26 Å². The van der Waals surface area contributed by atoms with Crippen LogP contribution in [0.15, 0.2) is 67.3 Å². The number of nitrogens with zero attached hydrogens (tertiary/aromatic N) is 4. The SMILES string of the molecule is N#Cc1cccc(NC(=O)c2cnc3[nH]cc(-c4ccc5ncn(C6CCCNC6)c5c4)c3c2)c1. The third-order valence-corrected chi connectivity index (χ3v) is 6.59. The summed E-state index contributed by atoms with van der Waals surface area (Å²) in [4.78, 5) is 25.2. The lowest BCUT2D eigenvalue weighted by molar-refractivity contribution is 0.102. The van der Waals surface area contributed by atoms with E-state index in [0.717, 1.165) is 53.5 Å². The molecule has 1 fully saturated rings. The first-order valence-electron chi connectivity index (χ1n) is 11.7. The minimum Gasteiger partial charge on any atom is -0.346 e. The Bertz CT molecular complexity index is 1600. The Hall–Kier alpha value is -4.48. The molecule has 8 nitrogen and oxygen atoms in total. The van der Waals surface area contributed by atoms with Crippen LogP contribution in [0.3, 0.4) is 0 Å². The fourth-order valence-corrected chi connectivity index (χ4v) is 4.79. The molecule has 1 aliphatic heterocycles. The molecule has 0 bridgehead atoms. The molecule has 0 spiro atoms. The van der Waals surface area contributed by atoms with E-state index >= 15 is 0 Å². The number of amides is 1. The molecule has 1 atom stereocenters. The number of nitrogens with one attached hydrogen (secondary N) is 3. The maximum absolute atomic E-state index is 12.9. The molecule has 0 aliphatic carbocycles. The molecule has 8 heteroatoms. The van der Waals surface area contributed by atoms with E-state index in [0.29, 0.717) is 28.5 Å². The van der Waals surface area contributed by atoms with Gasteiger partial charge in [0.25, 0.3) is 5.91 Å². The van der Waals surface area contributed by atoms with Gasteiger partial charge >= 0.3 is 0 Å². The van der Waals surface area contributed by atoms with Crippen LogP contribution >= 0.6 is 0 Å². The largest absolute Gasteiger partial charge is 0.346 e. The maximum atomic E-state index is 12.9. The van der Waals surface area contributed by atoms with E-state index in [1.807, 2.05) is 24.7 Å². The summed E-state index contributed by atoms with van der Waals surface area (Å²) >= 11 is 0. The van der Waals surface area contributed by atoms with Crippen molar-refractivity contribution >= 4 is 33.7 Å². The zero-order chi connectivity index (χ0) is 23.8. The van der Waals surface area contributed by atoms with Gasteiger partial charge in [-0.05, 0) is 61.3 Å². The lowest BCUT2D eigenvalue weighted by Crippen LogP contribution is -2.31. The summed E-state index contributed by atoms with van der Waals surface area (Å²) in [6.07, 6.45) is 7.71. The number of carbonyl (C=O) groups excluding carboxylic acids is 1. The predicted molar refractivity (Wildman–Crippen MR) is 135 cm³/mol. The molecule has 6 rings (SSSR count). The molecule has 172 valence electrons. The normalized spacial score (nSPS) is 15.8. The number of piperidine rings is 1. The highest BCUT2D eigenvalue weighted by Crippen LogP contribution is 2.32. The Morgan fingerprint density at radius 3 is 2.97 bits per heavy atom. The number of nitriles is 1. The van der Waals surface area contributed by atoms with Gasteiger partial charge in [-0.25, -0.2) is 9.97 Å². The monoisotopic (exact) mass is 461 g/mol. The van der Waals surface area contributed by atoms with E-state index in [2.05, 4.69) is 48.4 Å². The van der Waals surface area contributed by atoms with Gasteiger partial charge in [-0.3, -0.25) is 4.79 Å². The maximum Gasteiger partial charge on any atom is 0.257 e. The van der Waals surface area contributed by atoms with Crippen molar-refractivity contribution in [3.05, 3.63) is 78.4 Å². The Morgan fingerprint density at radius 1 is 1.17 bits per heavy atom. The van der Waals surface area contributed by atoms with E-state index in [1.54, 1.807) is 30.5 Å². The predicted octanol–water partition coefficient (Wildman–Crippen LogP) is 4.63. The number of aromatic amines is 1. The summed E-state index contributed by atoms with van der Waals surface area (Å²) in [5, 5.41) is 16.3. The first-order chi connectivity index (χ1) is 17.2. The van der Waals surface area contributed by atoms with Crippen molar-refractivity contribution < 1.29 is 4.79 Å². The van der Waals surface area contributed by atoms with Crippen LogP contribution in [-0.2, 0) is 0 Å². The smallest absolute Gasteiger partial charge is 0.257 e. The molecular formula is C27H23N7O. The minimum atomic E-state index is -0.278. The van der Waals surface area contributed by atoms with Crippen molar-refractivity contribution in [2.75, 3.05) is 18.4 Å². The van der Waals surface area contributed by atoms with Crippen LogP contribution in [0.25, 0.3) is 33.2 Å². The zero-order valence-electron chi connectivity index (χ0n) is 19.0. The van der Waals surface area contributed by atoms with Crippen LogP contribution < -0.4 is 10.6 Å². The molecule has 1 aliphatic rings. The van der Waals surface area contributed by atoms with Gasteiger partial charge < -0.3 is 20.2 Å². The van der Waals surface area contributed by atoms with Crippen LogP contribution in [0.5, 0.6) is 0 Å². The molecule has 0 saturated carbocycles. The first kappa shape index (κ1) is 21.1. The van der Waals surface area contributed by atoms with Gasteiger partial charge in [0.2, 0.25) is 0 Å². The third-order valence-electron chi connectivity index (χ3n) is 6.59. The molecule has 3 N–H and O–H groups in total. The standard InChI is InChI=1S/C27H23N7O/c28-12-17-3-1-4-20(9-17)33-27(35)19-10-22-23(15-31-26(22)30-13-19)18-6-7-24-25(11-18)34(16-32-24)21-5-2-8-29-14-21/h1,3-4,6-7,9-11,13,15-16,21,29H,2,5,8,14H2,(H,30,31)(H,33,35). The highest BCUT2D eigenvalue weighted by atomic mass is 16.1. The second-order valence-corrected chi connectivity index (χ2v) is 8.82. The number of fused-ring (bicyclic) bond motifs is 2. The van der Waals surface area contributed by atoms with E-state index in [9.17, 15) is 4.79 Å². The number of carbonyl (C=O) groups is 1. The number of hydrogen-bond acceptors (Lipinski definition) is 5. The van der Waals surface area contributed by atoms with Crippen molar-refractivity contribution in [1.29, 1.82) is 5.26 Å². The van der Waals surface area contributed by atoms with Gasteiger partial charge in [0, 0.05) is 41.6 Å². The summed E-state index contributed by atoms with van der Waals surface area (Å²) in [5.74, 6) is -0.278. The summed E-state index contributed by atoms with van der Waals surface area (Å²) in [5.41, 5.74) is 6.30. The second-order valence-electron chi connectivity index (χ2n) is 8.82. The molecular weight excluding hydrogens is 438 g/mol.